The molecule has 0 aromatic heterocycles. The molecule has 0 amide bonds. The molecular formula is C8H16N2O3. The highest BCUT2D eigenvalue weighted by Gasteiger charge is 2.11. The summed E-state index contributed by atoms with van der Waals surface area (Å²) in [6.45, 7) is 6.36. The first-order valence-corrected chi connectivity index (χ1v) is 4.34. The highest BCUT2D eigenvalue weighted by Crippen LogP contribution is 1.99. The van der Waals surface area contributed by atoms with E-state index in [1.165, 1.54) is 5.01 Å². The van der Waals surface area contributed by atoms with E-state index in [2.05, 4.69) is 10.0 Å². The summed E-state index contributed by atoms with van der Waals surface area (Å²) in [6.07, 6.45) is 0. The van der Waals surface area contributed by atoms with Crippen LogP contribution in [0.1, 0.15) is 20.8 Å². The standard InChI is InChI=1S/C8H16N2O3/c1-4-13-8(11)6-10(9-12)5-7(2)3/h7H,4-6H2,1-3H3. The van der Waals surface area contributed by atoms with Crippen molar-refractivity contribution in [2.75, 3.05) is 19.7 Å². The van der Waals surface area contributed by atoms with E-state index in [1.807, 2.05) is 13.8 Å². The monoisotopic (exact) mass is 188 g/mol. The fraction of sp³-hybridized carbons (Fsp3) is 0.875. The van der Waals surface area contributed by atoms with Gasteiger partial charge in [-0.15, -0.1) is 4.91 Å². The minimum absolute atomic E-state index is 0.0600. The average molecular weight is 188 g/mol. The summed E-state index contributed by atoms with van der Waals surface area (Å²) in [4.78, 5) is 21.2. The Kier molecular flexibility index (Phi) is 5.84. The predicted molar refractivity (Wildman–Crippen MR) is 48.8 cm³/mol. The molecule has 76 valence electrons. The second-order valence-electron chi connectivity index (χ2n) is 3.13. The third kappa shape index (κ3) is 6.07. The zero-order valence-corrected chi connectivity index (χ0v) is 8.32. The van der Waals surface area contributed by atoms with Gasteiger partial charge in [0.15, 0.2) is 0 Å². The molecule has 0 fully saturated rings. The lowest BCUT2D eigenvalue weighted by molar-refractivity contribution is -0.144. The predicted octanol–water partition coefficient (Wildman–Crippen LogP) is 1.19. The van der Waals surface area contributed by atoms with E-state index in [4.69, 9.17) is 0 Å². The van der Waals surface area contributed by atoms with Crippen molar-refractivity contribution in [3.05, 3.63) is 4.91 Å². The van der Waals surface area contributed by atoms with E-state index in [1.54, 1.807) is 6.92 Å². The Hall–Kier alpha value is -1.13. The maximum Gasteiger partial charge on any atom is 0.327 e. The van der Waals surface area contributed by atoms with Gasteiger partial charge in [-0.25, -0.2) is 5.01 Å². The highest BCUT2D eigenvalue weighted by atomic mass is 16.5. The lowest BCUT2D eigenvalue weighted by atomic mass is 10.2. The van der Waals surface area contributed by atoms with Crippen molar-refractivity contribution >= 4 is 5.97 Å². The molecular weight excluding hydrogens is 172 g/mol. The Balaban J connectivity index is 3.83. The molecule has 0 radical (unpaired) electrons. The molecule has 0 unspecified atom stereocenters. The van der Waals surface area contributed by atoms with Crippen LogP contribution in [0.4, 0.5) is 0 Å². The van der Waals surface area contributed by atoms with Gasteiger partial charge in [0, 0.05) is 6.54 Å². The van der Waals surface area contributed by atoms with Crippen LogP contribution in [0.25, 0.3) is 0 Å². The second-order valence-corrected chi connectivity index (χ2v) is 3.13. The summed E-state index contributed by atoms with van der Waals surface area (Å²) in [5.74, 6) is -0.116. The zero-order chi connectivity index (χ0) is 10.3. The number of carbonyl (C=O) groups is 1. The molecule has 0 aliphatic carbocycles. The van der Waals surface area contributed by atoms with Gasteiger partial charge in [-0.05, 0) is 12.8 Å². The minimum Gasteiger partial charge on any atom is -0.465 e. The van der Waals surface area contributed by atoms with E-state index in [9.17, 15) is 9.70 Å². The van der Waals surface area contributed by atoms with Gasteiger partial charge in [-0.1, -0.05) is 13.8 Å². The van der Waals surface area contributed by atoms with Gasteiger partial charge in [0.1, 0.15) is 6.54 Å². The largest absolute Gasteiger partial charge is 0.465 e. The van der Waals surface area contributed by atoms with Crippen molar-refractivity contribution in [1.82, 2.24) is 5.01 Å². The molecule has 0 atom stereocenters. The third-order valence-electron chi connectivity index (χ3n) is 1.31. The maximum atomic E-state index is 10.9. The van der Waals surface area contributed by atoms with Crippen molar-refractivity contribution in [1.29, 1.82) is 0 Å². The van der Waals surface area contributed by atoms with Gasteiger partial charge in [0.05, 0.1) is 11.9 Å². The first-order valence-electron chi connectivity index (χ1n) is 4.34. The molecule has 5 nitrogen and oxygen atoms in total. The number of nitroso groups, excluding NO2 is 1. The van der Waals surface area contributed by atoms with Crippen LogP contribution in [-0.2, 0) is 9.53 Å². The van der Waals surface area contributed by atoms with Gasteiger partial charge in [0.2, 0.25) is 0 Å². The van der Waals surface area contributed by atoms with Crippen LogP contribution in [0.5, 0.6) is 0 Å². The Morgan fingerprint density at radius 2 is 2.15 bits per heavy atom. The molecule has 0 bridgehead atoms. The molecule has 0 aliphatic heterocycles. The van der Waals surface area contributed by atoms with Crippen molar-refractivity contribution in [3.8, 4) is 0 Å². The molecule has 0 rings (SSSR count). The van der Waals surface area contributed by atoms with Crippen molar-refractivity contribution < 1.29 is 9.53 Å². The van der Waals surface area contributed by atoms with Gasteiger partial charge in [-0.3, -0.25) is 4.79 Å². The topological polar surface area (TPSA) is 59.0 Å². The number of ether oxygens (including phenoxy) is 1. The van der Waals surface area contributed by atoms with Crippen LogP contribution >= 0.6 is 0 Å². The zero-order valence-electron chi connectivity index (χ0n) is 8.32. The molecule has 0 saturated heterocycles. The summed E-state index contributed by atoms with van der Waals surface area (Å²) in [7, 11) is 0. The lowest BCUT2D eigenvalue weighted by Crippen LogP contribution is -2.29. The summed E-state index contributed by atoms with van der Waals surface area (Å²) in [6, 6.07) is 0. The van der Waals surface area contributed by atoms with Crippen LogP contribution in [0.2, 0.25) is 0 Å². The van der Waals surface area contributed by atoms with Crippen molar-refractivity contribution in [2.45, 2.75) is 20.8 Å². The van der Waals surface area contributed by atoms with Crippen LogP contribution in [-0.4, -0.2) is 30.7 Å². The second kappa shape index (κ2) is 6.39. The number of nitrogens with zero attached hydrogens (tertiary/aromatic N) is 2. The Morgan fingerprint density at radius 3 is 2.54 bits per heavy atom. The number of carbonyl (C=O) groups excluding carboxylic acids is 1. The van der Waals surface area contributed by atoms with Crippen LogP contribution in [0.15, 0.2) is 5.29 Å². The molecule has 0 spiro atoms. The summed E-state index contributed by atoms with van der Waals surface area (Å²) in [5, 5.41) is 3.90. The first-order chi connectivity index (χ1) is 6.10. The molecule has 13 heavy (non-hydrogen) atoms. The van der Waals surface area contributed by atoms with E-state index in [0.717, 1.165) is 0 Å². The molecule has 0 N–H and O–H groups in total. The Morgan fingerprint density at radius 1 is 1.54 bits per heavy atom. The van der Waals surface area contributed by atoms with Crippen LogP contribution < -0.4 is 0 Å². The maximum absolute atomic E-state index is 10.9. The van der Waals surface area contributed by atoms with Crippen molar-refractivity contribution in [3.63, 3.8) is 0 Å². The summed E-state index contributed by atoms with van der Waals surface area (Å²) >= 11 is 0. The van der Waals surface area contributed by atoms with Crippen LogP contribution in [0.3, 0.4) is 0 Å². The summed E-state index contributed by atoms with van der Waals surface area (Å²) < 4.78 is 4.68. The minimum atomic E-state index is -0.414. The third-order valence-corrected chi connectivity index (χ3v) is 1.31. The number of rotatable bonds is 6. The SMILES string of the molecule is CCOC(=O)CN(CC(C)C)N=O. The molecule has 0 heterocycles. The smallest absolute Gasteiger partial charge is 0.327 e. The quantitative estimate of drug-likeness (QED) is 0.357. The molecule has 0 aromatic rings. The molecule has 5 heteroatoms. The first kappa shape index (κ1) is 11.9. The van der Waals surface area contributed by atoms with Gasteiger partial charge in [-0.2, -0.15) is 0 Å². The average Bonchev–Trinajstić information content (AvgIpc) is 2.02. The van der Waals surface area contributed by atoms with E-state index >= 15 is 0 Å². The Bertz CT molecular complexity index is 171. The van der Waals surface area contributed by atoms with Crippen molar-refractivity contribution in [2.24, 2.45) is 11.2 Å². The fourth-order valence-corrected chi connectivity index (χ4v) is 0.904. The van der Waals surface area contributed by atoms with Gasteiger partial charge < -0.3 is 4.74 Å². The Labute approximate surface area is 78.0 Å². The van der Waals surface area contributed by atoms with E-state index in [-0.39, 0.29) is 6.54 Å². The van der Waals surface area contributed by atoms with Gasteiger partial charge in [0.25, 0.3) is 0 Å². The number of hydrogen-bond acceptors (Lipinski definition) is 4. The molecule has 0 aliphatic rings. The van der Waals surface area contributed by atoms with E-state index in [0.29, 0.717) is 19.1 Å². The van der Waals surface area contributed by atoms with Crippen LogP contribution in [0, 0.1) is 10.8 Å². The molecule has 0 aromatic carbocycles. The number of hydrogen-bond donors (Lipinski definition) is 0. The van der Waals surface area contributed by atoms with Gasteiger partial charge >= 0.3 is 5.97 Å². The summed E-state index contributed by atoms with van der Waals surface area (Å²) in [5.41, 5.74) is 0. The van der Waals surface area contributed by atoms with E-state index < -0.39 is 5.97 Å². The highest BCUT2D eigenvalue weighted by molar-refractivity contribution is 5.71. The lowest BCUT2D eigenvalue weighted by Gasteiger charge is -2.15. The fourth-order valence-electron chi connectivity index (χ4n) is 0.904. The number of esters is 1. The normalized spacial score (nSPS) is 9.85. The molecule has 0 saturated carbocycles.